The molecule has 5 heteroatoms. The number of nitrogens with zero attached hydrogens (tertiary/aromatic N) is 4. The monoisotopic (exact) mass is 414 g/mol. The van der Waals surface area contributed by atoms with E-state index in [2.05, 4.69) is 53.8 Å². The Kier molecular flexibility index (Phi) is 7.57. The molecule has 0 N–H and O–H groups in total. The van der Waals surface area contributed by atoms with Crippen LogP contribution in [0.2, 0.25) is 0 Å². The van der Waals surface area contributed by atoms with Gasteiger partial charge < -0.3 is 4.57 Å². The molecule has 0 radical (unpaired) electrons. The largest absolute Gasteiger partial charge is 0.305 e. The predicted octanol–water partition coefficient (Wildman–Crippen LogP) is 6.66. The van der Waals surface area contributed by atoms with Crippen molar-refractivity contribution in [1.82, 2.24) is 19.7 Å². The second-order valence-electron chi connectivity index (χ2n) is 6.79. The van der Waals surface area contributed by atoms with E-state index >= 15 is 0 Å². The van der Waals surface area contributed by atoms with Crippen molar-refractivity contribution < 1.29 is 0 Å². The molecule has 2 heterocycles. The van der Waals surface area contributed by atoms with Crippen LogP contribution in [0.5, 0.6) is 0 Å². The van der Waals surface area contributed by atoms with Gasteiger partial charge in [0.25, 0.3) is 0 Å². The van der Waals surface area contributed by atoms with Gasteiger partial charge in [0, 0.05) is 23.5 Å². The van der Waals surface area contributed by atoms with Gasteiger partial charge in [-0.15, -0.1) is 10.2 Å². The van der Waals surface area contributed by atoms with Crippen LogP contribution in [-0.4, -0.2) is 19.7 Å². The first kappa shape index (κ1) is 21.5. The maximum absolute atomic E-state index is 4.36. The molecule has 0 unspecified atom stereocenters. The van der Waals surface area contributed by atoms with Crippen molar-refractivity contribution in [3.05, 3.63) is 90.9 Å². The lowest BCUT2D eigenvalue weighted by Gasteiger charge is -2.03. The van der Waals surface area contributed by atoms with Crippen molar-refractivity contribution in [3.8, 4) is 0 Å². The summed E-state index contributed by atoms with van der Waals surface area (Å²) in [6, 6.07) is 20.3. The van der Waals surface area contributed by atoms with Gasteiger partial charge in [0.1, 0.15) is 0 Å². The van der Waals surface area contributed by atoms with Crippen molar-refractivity contribution in [3.63, 3.8) is 0 Å². The number of hydrogen-bond donors (Lipinski definition) is 0. The molecule has 2 aromatic carbocycles. The summed E-state index contributed by atoms with van der Waals surface area (Å²) >= 11 is 1.59. The summed E-state index contributed by atoms with van der Waals surface area (Å²) in [5.41, 5.74) is 3.02. The number of aromatic nitrogens is 4. The van der Waals surface area contributed by atoms with Gasteiger partial charge in [-0.2, -0.15) is 0 Å². The molecular formula is C25H26N4S. The SMILES string of the molecule is C=C(/C=C\c1nnc(Sc2ccc3ncccc3c2)n1C)c1ccccc1.CCC. The fourth-order valence-corrected chi connectivity index (χ4v) is 3.55. The Morgan fingerprint density at radius 1 is 1.03 bits per heavy atom. The van der Waals surface area contributed by atoms with Gasteiger partial charge in [-0.25, -0.2) is 0 Å². The topological polar surface area (TPSA) is 43.6 Å². The lowest BCUT2D eigenvalue weighted by atomic mass is 10.1. The van der Waals surface area contributed by atoms with Gasteiger partial charge in [-0.1, -0.05) is 69.3 Å². The third kappa shape index (κ3) is 5.45. The molecule has 4 rings (SSSR count). The Hall–Kier alpha value is -3.18. The van der Waals surface area contributed by atoms with E-state index in [1.54, 1.807) is 18.0 Å². The second-order valence-corrected chi connectivity index (χ2v) is 7.83. The average molecular weight is 415 g/mol. The number of allylic oxidation sites excluding steroid dienone is 2. The van der Waals surface area contributed by atoms with E-state index in [0.717, 1.165) is 37.9 Å². The van der Waals surface area contributed by atoms with Gasteiger partial charge in [0.2, 0.25) is 0 Å². The maximum atomic E-state index is 4.36. The second kappa shape index (κ2) is 10.6. The standard InChI is InChI=1S/C22H18N4S.C3H8/c1-16(17-7-4-3-5-8-17)10-13-21-24-25-22(26(21)2)27-19-11-12-20-18(15-19)9-6-14-23-20;1-3-2/h3-15H,1H2,2H3;3H2,1-2H3/b13-10-;. The summed E-state index contributed by atoms with van der Waals surface area (Å²) in [5.74, 6) is 0.789. The molecule has 4 nitrogen and oxygen atoms in total. The first-order chi connectivity index (χ1) is 14.6. The van der Waals surface area contributed by atoms with Crippen molar-refractivity contribution >= 4 is 34.3 Å². The van der Waals surface area contributed by atoms with E-state index in [9.17, 15) is 0 Å². The molecule has 0 aliphatic heterocycles. The summed E-state index contributed by atoms with van der Waals surface area (Å²) < 4.78 is 1.98. The lowest BCUT2D eigenvalue weighted by Crippen LogP contribution is -1.94. The van der Waals surface area contributed by atoms with E-state index in [4.69, 9.17) is 0 Å². The lowest BCUT2D eigenvalue weighted by molar-refractivity contribution is 0.782. The van der Waals surface area contributed by atoms with E-state index in [-0.39, 0.29) is 0 Å². The van der Waals surface area contributed by atoms with Crippen LogP contribution in [0.15, 0.2) is 89.6 Å². The summed E-state index contributed by atoms with van der Waals surface area (Å²) in [5, 5.41) is 10.6. The number of pyridine rings is 1. The molecule has 0 aliphatic carbocycles. The summed E-state index contributed by atoms with van der Waals surface area (Å²) in [7, 11) is 1.97. The molecule has 0 saturated heterocycles. The summed E-state index contributed by atoms with van der Waals surface area (Å²) in [4.78, 5) is 5.46. The van der Waals surface area contributed by atoms with Crippen LogP contribution in [-0.2, 0) is 7.05 Å². The van der Waals surface area contributed by atoms with Crippen LogP contribution in [0.4, 0.5) is 0 Å². The van der Waals surface area contributed by atoms with Gasteiger partial charge in [-0.05, 0) is 53.2 Å². The zero-order valence-corrected chi connectivity index (χ0v) is 18.4. The molecule has 152 valence electrons. The number of fused-ring (bicyclic) bond motifs is 1. The van der Waals surface area contributed by atoms with Crippen LogP contribution < -0.4 is 0 Å². The molecule has 4 aromatic rings. The zero-order valence-electron chi connectivity index (χ0n) is 17.6. The Balaban J connectivity index is 0.000000806. The van der Waals surface area contributed by atoms with Crippen molar-refractivity contribution in [2.75, 3.05) is 0 Å². The van der Waals surface area contributed by atoms with Gasteiger partial charge >= 0.3 is 0 Å². The molecule has 0 amide bonds. The minimum absolute atomic E-state index is 0.789. The number of rotatable bonds is 5. The van der Waals surface area contributed by atoms with E-state index in [1.165, 1.54) is 6.42 Å². The van der Waals surface area contributed by atoms with Crippen LogP contribution >= 0.6 is 11.8 Å². The van der Waals surface area contributed by atoms with Gasteiger partial charge in [0.15, 0.2) is 11.0 Å². The highest BCUT2D eigenvalue weighted by molar-refractivity contribution is 7.99. The van der Waals surface area contributed by atoms with Crippen LogP contribution in [0.25, 0.3) is 22.6 Å². The van der Waals surface area contributed by atoms with Crippen molar-refractivity contribution in [2.24, 2.45) is 7.05 Å². The average Bonchev–Trinajstić information content (AvgIpc) is 3.12. The molecule has 0 bridgehead atoms. The van der Waals surface area contributed by atoms with Gasteiger partial charge in [-0.3, -0.25) is 4.98 Å². The molecule has 0 atom stereocenters. The van der Waals surface area contributed by atoms with Crippen LogP contribution in [0.1, 0.15) is 31.7 Å². The van der Waals surface area contributed by atoms with Crippen molar-refractivity contribution in [1.29, 1.82) is 0 Å². The van der Waals surface area contributed by atoms with Crippen LogP contribution in [0.3, 0.4) is 0 Å². The Morgan fingerprint density at radius 2 is 1.80 bits per heavy atom. The molecule has 0 saturated carbocycles. The highest BCUT2D eigenvalue weighted by Crippen LogP contribution is 2.28. The molecular weight excluding hydrogens is 388 g/mol. The maximum Gasteiger partial charge on any atom is 0.196 e. The molecule has 0 fully saturated rings. The first-order valence-corrected chi connectivity index (χ1v) is 10.8. The Morgan fingerprint density at radius 3 is 2.57 bits per heavy atom. The fraction of sp³-hybridized carbons (Fsp3) is 0.160. The minimum atomic E-state index is 0.789. The van der Waals surface area contributed by atoms with E-state index in [1.807, 2.05) is 66.2 Å². The van der Waals surface area contributed by atoms with E-state index < -0.39 is 0 Å². The molecule has 0 aliphatic rings. The Bertz CT molecular complexity index is 1150. The predicted molar refractivity (Wildman–Crippen MR) is 127 cm³/mol. The van der Waals surface area contributed by atoms with Crippen molar-refractivity contribution in [2.45, 2.75) is 30.3 Å². The quantitative estimate of drug-likeness (QED) is 0.343. The van der Waals surface area contributed by atoms with Crippen LogP contribution in [0, 0.1) is 0 Å². The minimum Gasteiger partial charge on any atom is -0.305 e. The van der Waals surface area contributed by atoms with Gasteiger partial charge in [0.05, 0.1) is 5.52 Å². The normalized spacial score (nSPS) is 10.8. The fourth-order valence-electron chi connectivity index (χ4n) is 2.71. The molecule has 30 heavy (non-hydrogen) atoms. The number of hydrogen-bond acceptors (Lipinski definition) is 4. The van der Waals surface area contributed by atoms with E-state index in [0.29, 0.717) is 0 Å². The number of benzene rings is 2. The summed E-state index contributed by atoms with van der Waals surface area (Å²) in [6.45, 7) is 8.37. The zero-order chi connectivity index (χ0) is 21.3. The summed E-state index contributed by atoms with van der Waals surface area (Å²) in [6.07, 6.45) is 6.96. The Labute approximate surface area is 182 Å². The first-order valence-electron chi connectivity index (χ1n) is 9.96. The molecule has 2 aromatic heterocycles. The third-order valence-corrected chi connectivity index (χ3v) is 5.26. The highest BCUT2D eigenvalue weighted by Gasteiger charge is 2.09. The molecule has 0 spiro atoms. The third-order valence-electron chi connectivity index (χ3n) is 4.23. The highest BCUT2D eigenvalue weighted by atomic mass is 32.2. The smallest absolute Gasteiger partial charge is 0.196 e.